The van der Waals surface area contributed by atoms with Gasteiger partial charge in [0.25, 0.3) is 11.8 Å². The number of amides is 1. The predicted octanol–water partition coefficient (Wildman–Crippen LogP) is 3.62. The topological polar surface area (TPSA) is 121 Å². The number of ether oxygens (including phenoxy) is 1. The van der Waals surface area contributed by atoms with E-state index in [1.807, 2.05) is 20.8 Å². The molecule has 11 nitrogen and oxygen atoms in total. The van der Waals surface area contributed by atoms with Crippen LogP contribution >= 0.6 is 0 Å². The van der Waals surface area contributed by atoms with E-state index in [1.165, 1.54) is 30.8 Å². The van der Waals surface area contributed by atoms with Gasteiger partial charge in [-0.15, -0.1) is 10.2 Å². The third kappa shape index (κ3) is 8.42. The average molecular weight is 634 g/mol. The maximum Gasteiger partial charge on any atom is 0.282 e. The highest BCUT2D eigenvalue weighted by atomic mass is 32.2. The maximum atomic E-state index is 14.3. The van der Waals surface area contributed by atoms with Gasteiger partial charge in [-0.2, -0.15) is 0 Å². The van der Waals surface area contributed by atoms with Gasteiger partial charge < -0.3 is 19.9 Å². The average Bonchev–Trinajstić information content (AvgIpc) is 3.38. The SMILES string of the molecule is CCN(C(=O)c1cc(F)ccc1Oc1nncnc1N1CCC2(C1)CN(C(CCCNCCS(C)(=O)=O)C(C)C)C2)C(C)C. The highest BCUT2D eigenvalue weighted by molar-refractivity contribution is 7.90. The number of rotatable bonds is 15. The van der Waals surface area contributed by atoms with Crippen LogP contribution in [0, 0.1) is 17.2 Å². The van der Waals surface area contributed by atoms with Crippen LogP contribution in [0.5, 0.6) is 11.6 Å². The molecule has 4 rings (SSSR count). The summed E-state index contributed by atoms with van der Waals surface area (Å²) in [7, 11) is -2.94. The molecule has 1 unspecified atom stereocenters. The molecule has 3 heterocycles. The van der Waals surface area contributed by atoms with Gasteiger partial charge in [0, 0.05) is 63.0 Å². The van der Waals surface area contributed by atoms with Crippen molar-refractivity contribution >= 4 is 21.6 Å². The molecule has 0 radical (unpaired) electrons. The van der Waals surface area contributed by atoms with Gasteiger partial charge >= 0.3 is 0 Å². The van der Waals surface area contributed by atoms with E-state index < -0.39 is 15.7 Å². The van der Waals surface area contributed by atoms with Gasteiger partial charge in [-0.3, -0.25) is 9.69 Å². The van der Waals surface area contributed by atoms with Crippen molar-refractivity contribution in [3.05, 3.63) is 35.9 Å². The second-order valence-corrected chi connectivity index (χ2v) is 15.2. The largest absolute Gasteiger partial charge is 0.434 e. The van der Waals surface area contributed by atoms with Crippen LogP contribution in [0.3, 0.4) is 0 Å². The summed E-state index contributed by atoms with van der Waals surface area (Å²) in [6.45, 7) is 15.6. The number of aromatic nitrogens is 3. The standard InChI is InChI=1S/C31H48FN7O4S/c1-7-39(23(4)5)30(40)25-17-24(32)10-11-27(25)43-29-28(34-21-35-36-29)37-15-12-31(18-37)19-38(20-31)26(22(2)3)9-8-13-33-14-16-44(6,41)42/h10-11,17,21-23,26,33H,7-9,12-16,18-20H2,1-6H3. The number of nitrogens with zero attached hydrogens (tertiary/aromatic N) is 6. The minimum absolute atomic E-state index is 0.0564. The minimum atomic E-state index is -2.94. The first-order valence-electron chi connectivity index (χ1n) is 15.7. The lowest BCUT2D eigenvalue weighted by Crippen LogP contribution is -2.62. The van der Waals surface area contributed by atoms with E-state index in [2.05, 4.69) is 44.1 Å². The van der Waals surface area contributed by atoms with E-state index in [0.29, 0.717) is 30.9 Å². The van der Waals surface area contributed by atoms with Crippen LogP contribution in [-0.4, -0.2) is 109 Å². The Morgan fingerprint density at radius 1 is 1.18 bits per heavy atom. The van der Waals surface area contributed by atoms with Crippen molar-refractivity contribution in [1.29, 1.82) is 0 Å². The van der Waals surface area contributed by atoms with Crippen LogP contribution < -0.4 is 15.0 Å². The molecule has 2 aliphatic heterocycles. The van der Waals surface area contributed by atoms with Crippen molar-refractivity contribution in [3.8, 4) is 11.6 Å². The highest BCUT2D eigenvalue weighted by Gasteiger charge is 2.50. The van der Waals surface area contributed by atoms with Gasteiger partial charge in [0.05, 0.1) is 11.3 Å². The lowest BCUT2D eigenvalue weighted by atomic mass is 9.76. The number of benzene rings is 1. The molecule has 1 aromatic carbocycles. The summed E-state index contributed by atoms with van der Waals surface area (Å²) >= 11 is 0. The number of anilines is 1. The fourth-order valence-corrected chi connectivity index (χ4v) is 7.00. The third-order valence-corrected chi connectivity index (χ3v) is 9.68. The molecule has 1 atom stereocenters. The molecule has 1 aromatic heterocycles. The first kappa shape index (κ1) is 34.0. The fourth-order valence-electron chi connectivity index (χ4n) is 6.48. The molecule has 2 saturated heterocycles. The van der Waals surface area contributed by atoms with Crippen molar-refractivity contribution in [2.75, 3.05) is 62.7 Å². The van der Waals surface area contributed by atoms with Crippen molar-refractivity contribution in [1.82, 2.24) is 30.3 Å². The first-order valence-corrected chi connectivity index (χ1v) is 17.7. The van der Waals surface area contributed by atoms with Gasteiger partial charge in [-0.1, -0.05) is 13.8 Å². The fraction of sp³-hybridized carbons (Fsp3) is 0.677. The molecule has 1 N–H and O–H groups in total. The summed E-state index contributed by atoms with van der Waals surface area (Å²) in [5.74, 6) is 0.824. The van der Waals surface area contributed by atoms with Gasteiger partial charge in [-0.25, -0.2) is 17.8 Å². The smallest absolute Gasteiger partial charge is 0.282 e. The number of halogens is 1. The monoisotopic (exact) mass is 633 g/mol. The highest BCUT2D eigenvalue weighted by Crippen LogP contribution is 2.44. The quantitative estimate of drug-likeness (QED) is 0.291. The van der Waals surface area contributed by atoms with Crippen molar-refractivity contribution < 1.29 is 22.3 Å². The third-order valence-electron chi connectivity index (χ3n) is 8.73. The number of likely N-dealkylation sites (tertiary alicyclic amines) is 1. The summed E-state index contributed by atoms with van der Waals surface area (Å²) in [5, 5.41) is 11.4. The van der Waals surface area contributed by atoms with E-state index in [-0.39, 0.29) is 40.3 Å². The number of carbonyl (C=O) groups excluding carboxylic acids is 1. The van der Waals surface area contributed by atoms with Crippen molar-refractivity contribution in [3.63, 3.8) is 0 Å². The Labute approximate surface area is 261 Å². The number of carbonyl (C=O) groups is 1. The number of nitrogens with one attached hydrogen (secondary N) is 1. The molecule has 244 valence electrons. The Morgan fingerprint density at radius 3 is 2.59 bits per heavy atom. The molecule has 0 aliphatic carbocycles. The summed E-state index contributed by atoms with van der Waals surface area (Å²) in [6, 6.07) is 4.34. The van der Waals surface area contributed by atoms with E-state index in [4.69, 9.17) is 4.74 Å². The van der Waals surface area contributed by atoms with Crippen LogP contribution in [0.25, 0.3) is 0 Å². The van der Waals surface area contributed by atoms with Gasteiger partial charge in [0.1, 0.15) is 27.7 Å². The van der Waals surface area contributed by atoms with Crippen LogP contribution in [0.4, 0.5) is 10.2 Å². The Balaban J connectivity index is 1.39. The number of hydrogen-bond donors (Lipinski definition) is 1. The zero-order valence-electron chi connectivity index (χ0n) is 26.9. The number of hydrogen-bond acceptors (Lipinski definition) is 10. The lowest BCUT2D eigenvalue weighted by Gasteiger charge is -2.53. The molecule has 44 heavy (non-hydrogen) atoms. The van der Waals surface area contributed by atoms with E-state index in [0.717, 1.165) is 52.0 Å². The molecule has 1 amide bonds. The van der Waals surface area contributed by atoms with Crippen LogP contribution in [0.15, 0.2) is 24.5 Å². The molecule has 13 heteroatoms. The Kier molecular flexibility index (Phi) is 11.2. The Hall–Kier alpha value is -2.90. The van der Waals surface area contributed by atoms with Crippen LogP contribution in [0.1, 0.15) is 64.2 Å². The normalized spacial score (nSPS) is 17.3. The summed E-state index contributed by atoms with van der Waals surface area (Å²) in [6.07, 6.45) is 5.73. The van der Waals surface area contributed by atoms with Crippen molar-refractivity contribution in [2.24, 2.45) is 11.3 Å². The zero-order valence-corrected chi connectivity index (χ0v) is 27.7. The Morgan fingerprint density at radius 2 is 1.93 bits per heavy atom. The van der Waals surface area contributed by atoms with Crippen LogP contribution in [-0.2, 0) is 9.84 Å². The second-order valence-electron chi connectivity index (χ2n) is 12.9. The van der Waals surface area contributed by atoms with Crippen LogP contribution in [0.2, 0.25) is 0 Å². The minimum Gasteiger partial charge on any atom is -0.434 e. The van der Waals surface area contributed by atoms with E-state index in [9.17, 15) is 17.6 Å². The summed E-state index contributed by atoms with van der Waals surface area (Å²) in [5.41, 5.74) is 0.286. The molecular formula is C31H48FN7O4S. The van der Waals surface area contributed by atoms with Gasteiger partial charge in [0.2, 0.25) is 0 Å². The van der Waals surface area contributed by atoms with Crippen molar-refractivity contribution in [2.45, 2.75) is 66.0 Å². The molecule has 2 aliphatic rings. The summed E-state index contributed by atoms with van der Waals surface area (Å²) < 4.78 is 43.1. The zero-order chi connectivity index (χ0) is 32.1. The second kappa shape index (κ2) is 14.5. The van der Waals surface area contributed by atoms with Gasteiger partial charge in [0.15, 0.2) is 5.82 Å². The maximum absolute atomic E-state index is 14.3. The lowest BCUT2D eigenvalue weighted by molar-refractivity contribution is -0.0339. The molecule has 2 aromatic rings. The molecule has 1 spiro atoms. The van der Waals surface area contributed by atoms with Gasteiger partial charge in [-0.05, 0) is 70.7 Å². The first-order chi connectivity index (χ1) is 20.8. The molecule has 0 saturated carbocycles. The number of sulfone groups is 1. The molecular weight excluding hydrogens is 585 g/mol. The van der Waals surface area contributed by atoms with E-state index >= 15 is 0 Å². The molecule has 0 bridgehead atoms. The molecule has 2 fully saturated rings. The predicted molar refractivity (Wildman–Crippen MR) is 169 cm³/mol. The van der Waals surface area contributed by atoms with E-state index in [1.54, 1.807) is 4.90 Å². The summed E-state index contributed by atoms with van der Waals surface area (Å²) in [4.78, 5) is 24.2. The Bertz CT molecular complexity index is 1380.